The summed E-state index contributed by atoms with van der Waals surface area (Å²) in [6.07, 6.45) is -0.364. The number of esters is 2. The molecular formula is C13H20O5. The zero-order valence-electron chi connectivity index (χ0n) is 11.3. The lowest BCUT2D eigenvalue weighted by molar-refractivity contribution is -0.163. The second-order valence-corrected chi connectivity index (χ2v) is 5.13. The van der Waals surface area contributed by atoms with Gasteiger partial charge in [0.05, 0.1) is 24.0 Å². The number of ether oxygens (including phenoxy) is 2. The molecule has 0 aromatic rings. The number of Topliss-reactive ketones (excluding diaryl/α,β-unsaturated/α-hetero) is 1. The van der Waals surface area contributed by atoms with Gasteiger partial charge in [-0.15, -0.1) is 0 Å². The summed E-state index contributed by atoms with van der Waals surface area (Å²) in [4.78, 5) is 35.1. The fraction of sp³-hybridized carbons (Fsp3) is 0.769. The van der Waals surface area contributed by atoms with Crippen LogP contribution in [-0.2, 0) is 23.9 Å². The van der Waals surface area contributed by atoms with Gasteiger partial charge in [-0.25, -0.2) is 0 Å². The van der Waals surface area contributed by atoms with E-state index >= 15 is 0 Å². The van der Waals surface area contributed by atoms with Gasteiger partial charge in [0.25, 0.3) is 0 Å². The van der Waals surface area contributed by atoms with Crippen LogP contribution in [0.15, 0.2) is 0 Å². The van der Waals surface area contributed by atoms with Gasteiger partial charge >= 0.3 is 11.9 Å². The maximum absolute atomic E-state index is 11.8. The number of hydrogen-bond acceptors (Lipinski definition) is 5. The van der Waals surface area contributed by atoms with E-state index in [9.17, 15) is 14.4 Å². The molecule has 102 valence electrons. The maximum atomic E-state index is 11.8. The summed E-state index contributed by atoms with van der Waals surface area (Å²) in [5.74, 6) is -2.44. The van der Waals surface area contributed by atoms with Crippen molar-refractivity contribution in [1.29, 1.82) is 0 Å². The molecule has 0 aromatic carbocycles. The van der Waals surface area contributed by atoms with E-state index < -0.39 is 23.8 Å². The standard InChI is InChI=1S/C13H20O5/c1-7(2)17-12(15)10-5-9(14)6-11(10)13(16)18-8(3)4/h7-8,10-11H,5-6H2,1-4H3. The zero-order chi connectivity index (χ0) is 13.9. The predicted octanol–water partition coefficient (Wildman–Crippen LogP) is 1.48. The van der Waals surface area contributed by atoms with E-state index in [1.807, 2.05) is 0 Å². The third kappa shape index (κ3) is 3.82. The molecule has 0 heterocycles. The van der Waals surface area contributed by atoms with Crippen molar-refractivity contribution in [3.8, 4) is 0 Å². The Hall–Kier alpha value is -1.39. The van der Waals surface area contributed by atoms with Gasteiger partial charge in [0, 0.05) is 12.8 Å². The third-order valence-electron chi connectivity index (χ3n) is 2.69. The van der Waals surface area contributed by atoms with Crippen LogP contribution in [0.5, 0.6) is 0 Å². The first kappa shape index (κ1) is 14.7. The van der Waals surface area contributed by atoms with Gasteiger partial charge in [0.1, 0.15) is 5.78 Å². The number of carbonyl (C=O) groups excluding carboxylic acids is 3. The molecule has 0 saturated heterocycles. The Morgan fingerprint density at radius 1 is 0.944 bits per heavy atom. The van der Waals surface area contributed by atoms with Gasteiger partial charge in [-0.1, -0.05) is 0 Å². The molecule has 1 fully saturated rings. The lowest BCUT2D eigenvalue weighted by Crippen LogP contribution is -2.31. The van der Waals surface area contributed by atoms with Gasteiger partial charge in [0.2, 0.25) is 0 Å². The minimum absolute atomic E-state index is 0.0728. The highest BCUT2D eigenvalue weighted by Gasteiger charge is 2.44. The Labute approximate surface area is 107 Å². The summed E-state index contributed by atoms with van der Waals surface area (Å²) in [6, 6.07) is 0. The minimum Gasteiger partial charge on any atom is -0.463 e. The van der Waals surface area contributed by atoms with Crippen molar-refractivity contribution >= 4 is 17.7 Å². The number of carbonyl (C=O) groups is 3. The Kier molecular flexibility index (Phi) is 4.87. The summed E-state index contributed by atoms with van der Waals surface area (Å²) >= 11 is 0. The first-order valence-corrected chi connectivity index (χ1v) is 6.24. The van der Waals surface area contributed by atoms with Crippen LogP contribution in [0.2, 0.25) is 0 Å². The SMILES string of the molecule is CC(C)OC(=O)C1CC(=O)CC1C(=O)OC(C)C. The van der Waals surface area contributed by atoms with Crippen molar-refractivity contribution in [3.05, 3.63) is 0 Å². The molecular weight excluding hydrogens is 236 g/mol. The summed E-state index contributed by atoms with van der Waals surface area (Å²) in [7, 11) is 0. The zero-order valence-corrected chi connectivity index (χ0v) is 11.3. The van der Waals surface area contributed by atoms with E-state index in [0.717, 1.165) is 0 Å². The van der Waals surface area contributed by atoms with Gasteiger partial charge in [-0.2, -0.15) is 0 Å². The largest absolute Gasteiger partial charge is 0.463 e. The van der Waals surface area contributed by atoms with Crippen LogP contribution in [0.1, 0.15) is 40.5 Å². The summed E-state index contributed by atoms with van der Waals surface area (Å²) < 4.78 is 10.1. The maximum Gasteiger partial charge on any atom is 0.310 e. The quantitative estimate of drug-likeness (QED) is 0.713. The first-order valence-electron chi connectivity index (χ1n) is 6.24. The van der Waals surface area contributed by atoms with Crippen LogP contribution in [0.3, 0.4) is 0 Å². The smallest absolute Gasteiger partial charge is 0.310 e. The Morgan fingerprint density at radius 2 is 1.28 bits per heavy atom. The number of hydrogen-bond donors (Lipinski definition) is 0. The average molecular weight is 256 g/mol. The van der Waals surface area contributed by atoms with Crippen LogP contribution in [-0.4, -0.2) is 29.9 Å². The molecule has 0 amide bonds. The molecule has 0 aromatic heterocycles. The highest BCUT2D eigenvalue weighted by molar-refractivity contribution is 5.95. The molecule has 0 N–H and O–H groups in total. The number of ketones is 1. The fourth-order valence-corrected chi connectivity index (χ4v) is 1.99. The van der Waals surface area contributed by atoms with E-state index in [-0.39, 0.29) is 30.8 Å². The molecule has 5 nitrogen and oxygen atoms in total. The van der Waals surface area contributed by atoms with Crippen molar-refractivity contribution in [2.45, 2.75) is 52.7 Å². The van der Waals surface area contributed by atoms with E-state index in [0.29, 0.717) is 0 Å². The summed E-state index contributed by atoms with van der Waals surface area (Å²) in [6.45, 7) is 6.93. The highest BCUT2D eigenvalue weighted by Crippen LogP contribution is 2.32. The molecule has 18 heavy (non-hydrogen) atoms. The molecule has 0 spiro atoms. The molecule has 2 unspecified atom stereocenters. The van der Waals surface area contributed by atoms with Gasteiger partial charge in [-0.3, -0.25) is 14.4 Å². The molecule has 1 rings (SSSR count). The molecule has 1 aliphatic rings. The Balaban J connectivity index is 2.72. The monoisotopic (exact) mass is 256 g/mol. The average Bonchev–Trinajstić information content (AvgIpc) is 2.58. The molecule has 1 saturated carbocycles. The molecule has 0 aliphatic heterocycles. The predicted molar refractivity (Wildman–Crippen MR) is 63.7 cm³/mol. The van der Waals surface area contributed by atoms with Crippen molar-refractivity contribution in [1.82, 2.24) is 0 Å². The molecule has 2 atom stereocenters. The Bertz CT molecular complexity index is 313. The first-order chi connectivity index (χ1) is 8.31. The van der Waals surface area contributed by atoms with Gasteiger partial charge < -0.3 is 9.47 Å². The van der Waals surface area contributed by atoms with Crippen molar-refractivity contribution in [3.63, 3.8) is 0 Å². The fourth-order valence-electron chi connectivity index (χ4n) is 1.99. The van der Waals surface area contributed by atoms with E-state index in [4.69, 9.17) is 9.47 Å². The Morgan fingerprint density at radius 3 is 1.56 bits per heavy atom. The lowest BCUT2D eigenvalue weighted by Gasteiger charge is -2.19. The second kappa shape index (κ2) is 5.98. The van der Waals surface area contributed by atoms with Crippen LogP contribution in [0.25, 0.3) is 0 Å². The molecule has 0 bridgehead atoms. The highest BCUT2D eigenvalue weighted by atomic mass is 16.6. The topological polar surface area (TPSA) is 69.7 Å². The summed E-state index contributed by atoms with van der Waals surface area (Å²) in [5, 5.41) is 0. The molecule has 5 heteroatoms. The van der Waals surface area contributed by atoms with Gasteiger partial charge in [0.15, 0.2) is 0 Å². The van der Waals surface area contributed by atoms with Crippen LogP contribution in [0.4, 0.5) is 0 Å². The minimum atomic E-state index is -0.689. The van der Waals surface area contributed by atoms with E-state index in [1.54, 1.807) is 27.7 Å². The van der Waals surface area contributed by atoms with E-state index in [2.05, 4.69) is 0 Å². The normalized spacial score (nSPS) is 23.6. The second-order valence-electron chi connectivity index (χ2n) is 5.13. The van der Waals surface area contributed by atoms with Crippen molar-refractivity contribution in [2.24, 2.45) is 11.8 Å². The summed E-state index contributed by atoms with van der Waals surface area (Å²) in [5.41, 5.74) is 0. The van der Waals surface area contributed by atoms with Crippen LogP contribution < -0.4 is 0 Å². The van der Waals surface area contributed by atoms with Crippen molar-refractivity contribution < 1.29 is 23.9 Å². The third-order valence-corrected chi connectivity index (χ3v) is 2.69. The molecule has 1 aliphatic carbocycles. The number of rotatable bonds is 4. The molecule has 0 radical (unpaired) electrons. The van der Waals surface area contributed by atoms with Gasteiger partial charge in [-0.05, 0) is 27.7 Å². The van der Waals surface area contributed by atoms with E-state index in [1.165, 1.54) is 0 Å². The van der Waals surface area contributed by atoms with Crippen molar-refractivity contribution in [2.75, 3.05) is 0 Å². The lowest BCUT2D eigenvalue weighted by atomic mass is 9.96. The van der Waals surface area contributed by atoms with Crippen LogP contribution >= 0.6 is 0 Å². The van der Waals surface area contributed by atoms with Crippen LogP contribution in [0, 0.1) is 11.8 Å².